The van der Waals surface area contributed by atoms with Gasteiger partial charge >= 0.3 is 0 Å². The second kappa shape index (κ2) is 5.41. The molecule has 3 aromatic rings. The summed E-state index contributed by atoms with van der Waals surface area (Å²) in [5, 5.41) is 3.84. The van der Waals surface area contributed by atoms with Crippen molar-refractivity contribution in [1.29, 1.82) is 0 Å². The highest BCUT2D eigenvalue weighted by Gasteiger charge is 2.17. The molecular formula is C15H16ClN3O2. The first-order valence-corrected chi connectivity index (χ1v) is 7.12. The smallest absolute Gasteiger partial charge is 0.133 e. The van der Waals surface area contributed by atoms with Crippen LogP contribution >= 0.6 is 11.6 Å². The fraction of sp³-hybridized carbons (Fsp3) is 0.333. The molecule has 0 aliphatic heterocycles. The number of benzene rings is 1. The molecule has 2 aromatic heterocycles. The van der Waals surface area contributed by atoms with Crippen LogP contribution in [0.3, 0.4) is 0 Å². The van der Waals surface area contributed by atoms with Gasteiger partial charge in [0.15, 0.2) is 0 Å². The van der Waals surface area contributed by atoms with Gasteiger partial charge in [-0.05, 0) is 26.0 Å². The number of methoxy groups -OCH3 is 1. The summed E-state index contributed by atoms with van der Waals surface area (Å²) < 4.78 is 12.5. The predicted octanol–water partition coefficient (Wildman–Crippen LogP) is 3.69. The SMILES string of the molecule is COc1ccc2nc(C(C)Cl)n(Cc3cc(C)on3)c2c1. The maximum Gasteiger partial charge on any atom is 0.133 e. The Kier molecular flexibility index (Phi) is 3.59. The monoisotopic (exact) mass is 305 g/mol. The zero-order chi connectivity index (χ0) is 15.0. The fourth-order valence-electron chi connectivity index (χ4n) is 2.37. The molecule has 5 nitrogen and oxygen atoms in total. The Hall–Kier alpha value is -2.01. The number of alkyl halides is 1. The molecule has 21 heavy (non-hydrogen) atoms. The van der Waals surface area contributed by atoms with Gasteiger partial charge < -0.3 is 13.8 Å². The van der Waals surface area contributed by atoms with Gasteiger partial charge in [0, 0.05) is 12.1 Å². The first kappa shape index (κ1) is 13.9. The summed E-state index contributed by atoms with van der Waals surface area (Å²) in [7, 11) is 1.65. The fourth-order valence-corrected chi connectivity index (χ4v) is 2.54. The highest BCUT2D eigenvalue weighted by atomic mass is 35.5. The van der Waals surface area contributed by atoms with E-state index < -0.39 is 0 Å². The van der Waals surface area contributed by atoms with E-state index in [0.717, 1.165) is 34.1 Å². The van der Waals surface area contributed by atoms with Crippen LogP contribution in [-0.4, -0.2) is 21.8 Å². The standard InChI is InChI=1S/C15H16ClN3O2/c1-9-6-11(18-21-9)8-19-14-7-12(20-3)4-5-13(14)17-15(19)10(2)16/h4-7,10H,8H2,1-3H3. The Morgan fingerprint density at radius 1 is 1.38 bits per heavy atom. The van der Waals surface area contributed by atoms with Crippen LogP contribution in [0.1, 0.15) is 29.6 Å². The van der Waals surface area contributed by atoms with E-state index in [1.54, 1.807) is 7.11 Å². The molecule has 1 aromatic carbocycles. The molecule has 0 bridgehead atoms. The van der Waals surface area contributed by atoms with Crippen LogP contribution in [-0.2, 0) is 6.54 Å². The Morgan fingerprint density at radius 3 is 2.81 bits per heavy atom. The third-order valence-corrected chi connectivity index (χ3v) is 3.53. The lowest BCUT2D eigenvalue weighted by Gasteiger charge is -2.09. The zero-order valence-corrected chi connectivity index (χ0v) is 12.9. The summed E-state index contributed by atoms with van der Waals surface area (Å²) in [6.07, 6.45) is 0. The highest BCUT2D eigenvalue weighted by Crippen LogP contribution is 2.28. The maximum atomic E-state index is 6.27. The number of ether oxygens (including phenoxy) is 1. The van der Waals surface area contributed by atoms with E-state index in [2.05, 4.69) is 10.1 Å². The summed E-state index contributed by atoms with van der Waals surface area (Å²) in [4.78, 5) is 4.61. The number of aromatic nitrogens is 3. The zero-order valence-electron chi connectivity index (χ0n) is 12.1. The van der Waals surface area contributed by atoms with Crippen LogP contribution in [0.5, 0.6) is 5.75 Å². The van der Waals surface area contributed by atoms with Gasteiger partial charge in [0.05, 0.1) is 30.1 Å². The van der Waals surface area contributed by atoms with Crippen molar-refractivity contribution in [2.45, 2.75) is 25.8 Å². The molecule has 0 aliphatic carbocycles. The Bertz CT molecular complexity index is 776. The number of fused-ring (bicyclic) bond motifs is 1. The normalized spacial score (nSPS) is 12.8. The van der Waals surface area contributed by atoms with Crippen molar-refractivity contribution >= 4 is 22.6 Å². The molecule has 0 radical (unpaired) electrons. The van der Waals surface area contributed by atoms with Gasteiger partial charge in [-0.2, -0.15) is 0 Å². The molecular weight excluding hydrogens is 290 g/mol. The predicted molar refractivity (Wildman–Crippen MR) is 80.9 cm³/mol. The Balaban J connectivity index is 2.14. The van der Waals surface area contributed by atoms with E-state index in [4.69, 9.17) is 20.9 Å². The molecule has 0 amide bonds. The molecule has 0 saturated heterocycles. The summed E-state index contributed by atoms with van der Waals surface area (Å²) in [6.45, 7) is 4.34. The summed E-state index contributed by atoms with van der Waals surface area (Å²) >= 11 is 6.27. The van der Waals surface area contributed by atoms with Gasteiger partial charge in [-0.1, -0.05) is 5.16 Å². The lowest BCUT2D eigenvalue weighted by atomic mass is 10.3. The number of imidazole rings is 1. The number of aryl methyl sites for hydroxylation is 1. The summed E-state index contributed by atoms with van der Waals surface area (Å²) in [6, 6.07) is 7.69. The molecule has 3 rings (SSSR count). The minimum Gasteiger partial charge on any atom is -0.497 e. The van der Waals surface area contributed by atoms with Crippen LogP contribution in [0.4, 0.5) is 0 Å². The lowest BCUT2D eigenvalue weighted by Crippen LogP contribution is -2.06. The lowest BCUT2D eigenvalue weighted by molar-refractivity contribution is 0.389. The van der Waals surface area contributed by atoms with E-state index in [0.29, 0.717) is 6.54 Å². The minimum atomic E-state index is -0.198. The molecule has 0 aliphatic rings. The number of hydrogen-bond acceptors (Lipinski definition) is 4. The summed E-state index contributed by atoms with van der Waals surface area (Å²) in [5.74, 6) is 2.38. The van der Waals surface area contributed by atoms with Crippen molar-refractivity contribution in [2.24, 2.45) is 0 Å². The largest absolute Gasteiger partial charge is 0.497 e. The first-order chi connectivity index (χ1) is 10.1. The van der Waals surface area contributed by atoms with Crippen LogP contribution < -0.4 is 4.74 Å². The topological polar surface area (TPSA) is 53.1 Å². The molecule has 0 fully saturated rings. The van der Waals surface area contributed by atoms with Gasteiger partial charge in [0.2, 0.25) is 0 Å². The Morgan fingerprint density at radius 2 is 2.19 bits per heavy atom. The highest BCUT2D eigenvalue weighted by molar-refractivity contribution is 6.20. The van der Waals surface area contributed by atoms with E-state index in [1.165, 1.54) is 0 Å². The number of hydrogen-bond donors (Lipinski definition) is 0. The van der Waals surface area contributed by atoms with Gasteiger partial charge in [-0.15, -0.1) is 11.6 Å². The van der Waals surface area contributed by atoms with Crippen molar-refractivity contribution in [1.82, 2.24) is 14.7 Å². The second-order valence-electron chi connectivity index (χ2n) is 4.96. The molecule has 110 valence electrons. The first-order valence-electron chi connectivity index (χ1n) is 6.69. The van der Waals surface area contributed by atoms with Crippen LogP contribution in [0.25, 0.3) is 11.0 Å². The molecule has 1 atom stereocenters. The van der Waals surface area contributed by atoms with Gasteiger partial charge in [0.1, 0.15) is 23.0 Å². The third-order valence-electron chi connectivity index (χ3n) is 3.34. The van der Waals surface area contributed by atoms with E-state index in [9.17, 15) is 0 Å². The summed E-state index contributed by atoms with van der Waals surface area (Å²) in [5.41, 5.74) is 2.70. The molecule has 1 unspecified atom stereocenters. The molecule has 6 heteroatoms. The van der Waals surface area contributed by atoms with Crippen molar-refractivity contribution in [2.75, 3.05) is 7.11 Å². The maximum absolute atomic E-state index is 6.27. The van der Waals surface area contributed by atoms with E-state index in [1.807, 2.05) is 42.7 Å². The van der Waals surface area contributed by atoms with Crippen molar-refractivity contribution < 1.29 is 9.26 Å². The van der Waals surface area contributed by atoms with E-state index >= 15 is 0 Å². The second-order valence-corrected chi connectivity index (χ2v) is 5.61. The number of rotatable bonds is 4. The van der Waals surface area contributed by atoms with Crippen LogP contribution in [0.15, 0.2) is 28.8 Å². The van der Waals surface area contributed by atoms with Gasteiger partial charge in [0.25, 0.3) is 0 Å². The number of halogens is 1. The average molecular weight is 306 g/mol. The quantitative estimate of drug-likeness (QED) is 0.690. The van der Waals surface area contributed by atoms with Gasteiger partial charge in [-0.3, -0.25) is 0 Å². The number of nitrogens with zero attached hydrogens (tertiary/aromatic N) is 3. The molecule has 0 spiro atoms. The van der Waals surface area contributed by atoms with Gasteiger partial charge in [-0.25, -0.2) is 4.98 Å². The van der Waals surface area contributed by atoms with Crippen molar-refractivity contribution in [3.05, 3.63) is 41.5 Å². The van der Waals surface area contributed by atoms with Crippen LogP contribution in [0, 0.1) is 6.92 Å². The average Bonchev–Trinajstić information content (AvgIpc) is 3.03. The van der Waals surface area contributed by atoms with Crippen molar-refractivity contribution in [3.63, 3.8) is 0 Å². The third kappa shape index (κ3) is 2.61. The van der Waals surface area contributed by atoms with Crippen molar-refractivity contribution in [3.8, 4) is 5.75 Å². The Labute approximate surface area is 127 Å². The molecule has 0 N–H and O–H groups in total. The van der Waals surface area contributed by atoms with E-state index in [-0.39, 0.29) is 5.38 Å². The minimum absolute atomic E-state index is 0.198. The molecule has 2 heterocycles. The molecule has 0 saturated carbocycles. The van der Waals surface area contributed by atoms with Crippen LogP contribution in [0.2, 0.25) is 0 Å².